The first-order valence-electron chi connectivity index (χ1n) is 5.48. The van der Waals surface area contributed by atoms with Crippen LogP contribution in [0.4, 0.5) is 13.2 Å². The van der Waals surface area contributed by atoms with Gasteiger partial charge in [-0.1, -0.05) is 6.92 Å². The normalized spacial score (nSPS) is 10.9. The van der Waals surface area contributed by atoms with Crippen molar-refractivity contribution >= 4 is 17.8 Å². The highest BCUT2D eigenvalue weighted by Crippen LogP contribution is 2.12. The molecule has 0 atom stereocenters. The standard InChI is InChI=1S/C10H15F3N2O4/c1-2-3-15(5-9(18)19)8(17)4-7(16)14-6-10(11,12)13/h2-6H2,1H3,(H,14,16)(H,18,19). The van der Waals surface area contributed by atoms with Gasteiger partial charge in [0.05, 0.1) is 0 Å². The molecule has 2 amide bonds. The molecule has 0 rings (SSSR count). The van der Waals surface area contributed by atoms with Crippen molar-refractivity contribution in [3.05, 3.63) is 0 Å². The molecule has 0 spiro atoms. The van der Waals surface area contributed by atoms with Crippen LogP contribution in [0.5, 0.6) is 0 Å². The molecule has 2 N–H and O–H groups in total. The highest BCUT2D eigenvalue weighted by Gasteiger charge is 2.28. The van der Waals surface area contributed by atoms with Crippen molar-refractivity contribution in [2.75, 3.05) is 19.6 Å². The number of carboxylic acids is 1. The van der Waals surface area contributed by atoms with E-state index in [0.717, 1.165) is 4.90 Å². The molecule has 0 radical (unpaired) electrons. The smallest absolute Gasteiger partial charge is 0.405 e. The van der Waals surface area contributed by atoms with Crippen LogP contribution in [0, 0.1) is 0 Å². The highest BCUT2D eigenvalue weighted by molar-refractivity contribution is 5.97. The number of nitrogens with one attached hydrogen (secondary N) is 1. The minimum absolute atomic E-state index is 0.123. The Kier molecular flexibility index (Phi) is 6.87. The fourth-order valence-corrected chi connectivity index (χ4v) is 1.24. The van der Waals surface area contributed by atoms with Crippen LogP contribution >= 0.6 is 0 Å². The van der Waals surface area contributed by atoms with Gasteiger partial charge in [0.15, 0.2) is 0 Å². The number of halogens is 3. The summed E-state index contributed by atoms with van der Waals surface area (Å²) in [5, 5.41) is 10.1. The van der Waals surface area contributed by atoms with Gasteiger partial charge in [0.1, 0.15) is 19.5 Å². The van der Waals surface area contributed by atoms with E-state index in [1.54, 1.807) is 12.2 Å². The van der Waals surface area contributed by atoms with E-state index in [4.69, 9.17) is 5.11 Å². The fraction of sp³-hybridized carbons (Fsp3) is 0.700. The second-order valence-corrected chi connectivity index (χ2v) is 3.78. The second kappa shape index (κ2) is 7.59. The number of carbonyl (C=O) groups excluding carboxylic acids is 2. The Morgan fingerprint density at radius 1 is 1.26 bits per heavy atom. The lowest BCUT2D eigenvalue weighted by atomic mass is 10.3. The fourth-order valence-electron chi connectivity index (χ4n) is 1.24. The number of aliphatic carboxylic acids is 1. The van der Waals surface area contributed by atoms with Crippen molar-refractivity contribution in [3.63, 3.8) is 0 Å². The van der Waals surface area contributed by atoms with Crippen molar-refractivity contribution in [2.45, 2.75) is 25.9 Å². The van der Waals surface area contributed by atoms with Gasteiger partial charge < -0.3 is 15.3 Å². The molecule has 19 heavy (non-hydrogen) atoms. The first kappa shape index (κ1) is 17.2. The molecular formula is C10H15F3N2O4. The number of rotatable bonds is 7. The lowest BCUT2D eigenvalue weighted by Gasteiger charge is -2.19. The summed E-state index contributed by atoms with van der Waals surface area (Å²) in [6.45, 7) is -0.283. The zero-order valence-electron chi connectivity index (χ0n) is 10.3. The summed E-state index contributed by atoms with van der Waals surface area (Å²) in [6, 6.07) is 0. The number of amides is 2. The first-order chi connectivity index (χ1) is 8.65. The van der Waals surface area contributed by atoms with Crippen LogP contribution in [-0.4, -0.2) is 53.6 Å². The van der Waals surface area contributed by atoms with Crippen LogP contribution < -0.4 is 5.32 Å². The van der Waals surface area contributed by atoms with Gasteiger partial charge >= 0.3 is 12.1 Å². The largest absolute Gasteiger partial charge is 0.480 e. The average molecular weight is 284 g/mol. The van der Waals surface area contributed by atoms with Crippen LogP contribution in [0.3, 0.4) is 0 Å². The van der Waals surface area contributed by atoms with Gasteiger partial charge in [0.25, 0.3) is 0 Å². The van der Waals surface area contributed by atoms with E-state index in [1.165, 1.54) is 0 Å². The minimum atomic E-state index is -4.55. The Labute approximate surface area is 107 Å². The van der Waals surface area contributed by atoms with Crippen LogP contribution in [-0.2, 0) is 14.4 Å². The predicted molar refractivity (Wildman–Crippen MR) is 58.2 cm³/mol. The monoisotopic (exact) mass is 284 g/mol. The molecule has 0 saturated heterocycles. The Bertz CT molecular complexity index is 344. The Balaban J connectivity index is 4.30. The maximum absolute atomic E-state index is 11.8. The van der Waals surface area contributed by atoms with Crippen LogP contribution in [0.1, 0.15) is 19.8 Å². The third-order valence-corrected chi connectivity index (χ3v) is 1.97. The second-order valence-electron chi connectivity index (χ2n) is 3.78. The molecule has 0 fully saturated rings. The molecule has 0 aromatic rings. The molecule has 0 aliphatic heterocycles. The Morgan fingerprint density at radius 3 is 2.26 bits per heavy atom. The summed E-state index contributed by atoms with van der Waals surface area (Å²) in [5.74, 6) is -3.16. The molecule has 6 nitrogen and oxygen atoms in total. The Morgan fingerprint density at radius 2 is 1.84 bits per heavy atom. The van der Waals surface area contributed by atoms with E-state index in [9.17, 15) is 27.6 Å². The van der Waals surface area contributed by atoms with Gasteiger partial charge in [-0.2, -0.15) is 13.2 Å². The molecule has 0 saturated carbocycles. The summed E-state index contributed by atoms with van der Waals surface area (Å²) < 4.78 is 35.5. The molecule has 0 aliphatic carbocycles. The minimum Gasteiger partial charge on any atom is -0.480 e. The third-order valence-electron chi connectivity index (χ3n) is 1.97. The number of nitrogens with zero attached hydrogens (tertiary/aromatic N) is 1. The molecule has 0 aliphatic rings. The van der Waals surface area contributed by atoms with Gasteiger partial charge in [0, 0.05) is 6.54 Å². The van der Waals surface area contributed by atoms with Crippen molar-refractivity contribution in [1.29, 1.82) is 0 Å². The topological polar surface area (TPSA) is 86.7 Å². The molecule has 0 bridgehead atoms. The molecule has 9 heteroatoms. The number of carboxylic acid groups (broad SMARTS) is 1. The zero-order chi connectivity index (χ0) is 15.1. The number of hydrogen-bond acceptors (Lipinski definition) is 3. The summed E-state index contributed by atoms with van der Waals surface area (Å²) in [6.07, 6.45) is -4.88. The van der Waals surface area contributed by atoms with E-state index in [-0.39, 0.29) is 6.54 Å². The van der Waals surface area contributed by atoms with E-state index >= 15 is 0 Å². The summed E-state index contributed by atoms with van der Waals surface area (Å²) in [5.41, 5.74) is 0. The van der Waals surface area contributed by atoms with Gasteiger partial charge in [-0.15, -0.1) is 0 Å². The van der Waals surface area contributed by atoms with Gasteiger partial charge in [0.2, 0.25) is 11.8 Å². The van der Waals surface area contributed by atoms with Gasteiger partial charge in [-0.05, 0) is 6.42 Å². The SMILES string of the molecule is CCCN(CC(=O)O)C(=O)CC(=O)NCC(F)(F)F. The predicted octanol–water partition coefficient (Wildman–Crippen LogP) is 0.378. The maximum atomic E-state index is 11.8. The number of alkyl halides is 3. The lowest BCUT2D eigenvalue weighted by molar-refractivity contribution is -0.147. The molecule has 0 unspecified atom stereocenters. The number of hydrogen-bond donors (Lipinski definition) is 2. The summed E-state index contributed by atoms with van der Waals surface area (Å²) >= 11 is 0. The third kappa shape index (κ3) is 8.86. The zero-order valence-corrected chi connectivity index (χ0v) is 10.3. The maximum Gasteiger partial charge on any atom is 0.405 e. The average Bonchev–Trinajstić information content (AvgIpc) is 2.24. The van der Waals surface area contributed by atoms with E-state index in [0.29, 0.717) is 6.42 Å². The molecular weight excluding hydrogens is 269 g/mol. The molecule has 0 aromatic carbocycles. The van der Waals surface area contributed by atoms with Crippen molar-refractivity contribution in [3.8, 4) is 0 Å². The first-order valence-corrected chi connectivity index (χ1v) is 5.48. The summed E-state index contributed by atoms with van der Waals surface area (Å²) in [4.78, 5) is 34.0. The summed E-state index contributed by atoms with van der Waals surface area (Å²) in [7, 11) is 0. The van der Waals surface area contributed by atoms with Crippen molar-refractivity contribution in [1.82, 2.24) is 10.2 Å². The quantitative estimate of drug-likeness (QED) is 0.662. The van der Waals surface area contributed by atoms with E-state index < -0.39 is 43.5 Å². The highest BCUT2D eigenvalue weighted by atomic mass is 19.4. The van der Waals surface area contributed by atoms with Crippen LogP contribution in [0.2, 0.25) is 0 Å². The van der Waals surface area contributed by atoms with E-state index in [2.05, 4.69) is 0 Å². The van der Waals surface area contributed by atoms with Crippen molar-refractivity contribution < 1.29 is 32.7 Å². The van der Waals surface area contributed by atoms with E-state index in [1.807, 2.05) is 0 Å². The van der Waals surface area contributed by atoms with Crippen LogP contribution in [0.15, 0.2) is 0 Å². The molecule has 0 aromatic heterocycles. The van der Waals surface area contributed by atoms with Gasteiger partial charge in [-0.3, -0.25) is 14.4 Å². The van der Waals surface area contributed by atoms with Gasteiger partial charge in [-0.25, -0.2) is 0 Å². The van der Waals surface area contributed by atoms with Crippen molar-refractivity contribution in [2.24, 2.45) is 0 Å². The number of carbonyl (C=O) groups is 3. The Hall–Kier alpha value is -1.80. The lowest BCUT2D eigenvalue weighted by Crippen LogP contribution is -2.41. The molecule has 110 valence electrons. The molecule has 0 heterocycles. The van der Waals surface area contributed by atoms with Crippen LogP contribution in [0.25, 0.3) is 0 Å².